The maximum atomic E-state index is 5.58. The smallest absolute Gasteiger partial charge is 0.125 e. The van der Waals surface area contributed by atoms with Crippen LogP contribution < -0.4 is 0 Å². The standard InChI is InChI=1S/C14H16BrNOS/c1-4-14(2,17-3)13-16-12(9-18-13)10-6-5-7-11(15)8-10/h5-9H,4H2,1-3H3. The van der Waals surface area contributed by atoms with Gasteiger partial charge >= 0.3 is 0 Å². The maximum Gasteiger partial charge on any atom is 0.125 e. The van der Waals surface area contributed by atoms with Gasteiger partial charge in [0.05, 0.1) is 5.69 Å². The summed E-state index contributed by atoms with van der Waals surface area (Å²) in [4.78, 5) is 4.71. The van der Waals surface area contributed by atoms with Crippen LogP contribution in [0.3, 0.4) is 0 Å². The van der Waals surface area contributed by atoms with E-state index >= 15 is 0 Å². The summed E-state index contributed by atoms with van der Waals surface area (Å²) in [5.41, 5.74) is 1.85. The number of thiazole rings is 1. The molecule has 0 radical (unpaired) electrons. The van der Waals surface area contributed by atoms with Gasteiger partial charge in [0.15, 0.2) is 0 Å². The number of aromatic nitrogens is 1. The second kappa shape index (κ2) is 5.51. The average Bonchev–Trinajstić information content (AvgIpc) is 2.88. The van der Waals surface area contributed by atoms with Crippen molar-refractivity contribution in [2.45, 2.75) is 25.9 Å². The molecular weight excluding hydrogens is 310 g/mol. The van der Waals surface area contributed by atoms with Crippen molar-refractivity contribution in [3.8, 4) is 11.3 Å². The van der Waals surface area contributed by atoms with Gasteiger partial charge in [0.25, 0.3) is 0 Å². The summed E-state index contributed by atoms with van der Waals surface area (Å²) >= 11 is 5.14. The number of hydrogen-bond donors (Lipinski definition) is 0. The average molecular weight is 326 g/mol. The number of ether oxygens (including phenoxy) is 1. The van der Waals surface area contributed by atoms with Crippen LogP contribution in [0.1, 0.15) is 25.3 Å². The van der Waals surface area contributed by atoms with Crippen molar-refractivity contribution >= 4 is 27.3 Å². The van der Waals surface area contributed by atoms with Crippen LogP contribution in [0.4, 0.5) is 0 Å². The van der Waals surface area contributed by atoms with Gasteiger partial charge in [-0.2, -0.15) is 0 Å². The lowest BCUT2D eigenvalue weighted by atomic mass is 10.0. The first kappa shape index (κ1) is 13.7. The number of rotatable bonds is 4. The molecule has 1 aromatic carbocycles. The maximum absolute atomic E-state index is 5.58. The SMILES string of the molecule is CCC(C)(OC)c1nc(-c2cccc(Br)c2)cs1. The topological polar surface area (TPSA) is 22.1 Å². The predicted molar refractivity (Wildman–Crippen MR) is 79.9 cm³/mol. The van der Waals surface area contributed by atoms with Gasteiger partial charge in [-0.15, -0.1) is 11.3 Å². The molecule has 1 unspecified atom stereocenters. The Morgan fingerprint density at radius 2 is 2.22 bits per heavy atom. The van der Waals surface area contributed by atoms with E-state index in [1.54, 1.807) is 18.4 Å². The van der Waals surface area contributed by atoms with Gasteiger partial charge in [-0.25, -0.2) is 4.98 Å². The summed E-state index contributed by atoms with van der Waals surface area (Å²) in [6.07, 6.45) is 0.912. The van der Waals surface area contributed by atoms with Crippen LogP contribution in [0.15, 0.2) is 34.1 Å². The highest BCUT2D eigenvalue weighted by molar-refractivity contribution is 9.10. The number of benzene rings is 1. The molecule has 0 spiro atoms. The van der Waals surface area contributed by atoms with Crippen molar-refractivity contribution in [1.82, 2.24) is 4.98 Å². The van der Waals surface area contributed by atoms with Crippen molar-refractivity contribution in [2.24, 2.45) is 0 Å². The zero-order valence-corrected chi connectivity index (χ0v) is 13.1. The predicted octanol–water partition coefficient (Wildman–Crippen LogP) is 4.84. The molecule has 2 rings (SSSR count). The van der Waals surface area contributed by atoms with Crippen molar-refractivity contribution in [3.63, 3.8) is 0 Å². The highest BCUT2D eigenvalue weighted by Gasteiger charge is 2.27. The Hall–Kier alpha value is -0.710. The van der Waals surface area contributed by atoms with Crippen molar-refractivity contribution < 1.29 is 4.74 Å². The van der Waals surface area contributed by atoms with Gasteiger partial charge in [-0.05, 0) is 25.5 Å². The van der Waals surface area contributed by atoms with Gasteiger partial charge in [-0.1, -0.05) is 35.0 Å². The van der Waals surface area contributed by atoms with E-state index in [0.717, 1.165) is 27.2 Å². The number of methoxy groups -OCH3 is 1. The van der Waals surface area contributed by atoms with E-state index in [9.17, 15) is 0 Å². The van der Waals surface area contributed by atoms with Crippen molar-refractivity contribution in [2.75, 3.05) is 7.11 Å². The third kappa shape index (κ3) is 2.66. The van der Waals surface area contributed by atoms with Crippen LogP contribution in [-0.2, 0) is 10.3 Å². The Bertz CT molecular complexity index is 534. The molecule has 2 aromatic rings. The Labute approximate surface area is 120 Å². The molecule has 0 aliphatic carbocycles. The largest absolute Gasteiger partial charge is 0.371 e. The molecule has 0 fully saturated rings. The minimum absolute atomic E-state index is 0.283. The lowest BCUT2D eigenvalue weighted by Gasteiger charge is -2.23. The molecule has 0 bridgehead atoms. The van der Waals surface area contributed by atoms with Gasteiger partial charge in [0.2, 0.25) is 0 Å². The summed E-state index contributed by atoms with van der Waals surface area (Å²) in [5.74, 6) is 0. The van der Waals surface area contributed by atoms with Crippen molar-refractivity contribution in [3.05, 3.63) is 39.1 Å². The van der Waals surface area contributed by atoms with Gasteiger partial charge in [0.1, 0.15) is 10.6 Å². The van der Waals surface area contributed by atoms with Gasteiger partial charge < -0.3 is 4.74 Å². The molecule has 0 saturated carbocycles. The molecule has 4 heteroatoms. The number of halogens is 1. The normalized spacial score (nSPS) is 14.4. The monoisotopic (exact) mass is 325 g/mol. The first-order chi connectivity index (χ1) is 8.59. The first-order valence-electron chi connectivity index (χ1n) is 5.86. The fourth-order valence-corrected chi connectivity index (χ4v) is 3.12. The second-order valence-electron chi connectivity index (χ2n) is 4.34. The van der Waals surface area contributed by atoms with E-state index in [0.29, 0.717) is 0 Å². The lowest BCUT2D eigenvalue weighted by molar-refractivity contribution is -0.00149. The summed E-state index contributed by atoms with van der Waals surface area (Å²) in [6.45, 7) is 4.19. The van der Waals surface area contributed by atoms with Gasteiger partial charge in [-0.3, -0.25) is 0 Å². The summed E-state index contributed by atoms with van der Waals surface area (Å²) in [5, 5.41) is 3.12. The minimum atomic E-state index is -0.283. The Kier molecular flexibility index (Phi) is 4.20. The third-order valence-corrected chi connectivity index (χ3v) is 4.78. The van der Waals surface area contributed by atoms with E-state index in [1.165, 1.54) is 0 Å². The van der Waals surface area contributed by atoms with Crippen LogP contribution in [0.2, 0.25) is 0 Å². The van der Waals surface area contributed by atoms with E-state index in [1.807, 2.05) is 12.1 Å². The molecule has 1 atom stereocenters. The Morgan fingerprint density at radius 3 is 2.83 bits per heavy atom. The molecule has 96 valence electrons. The molecule has 1 heterocycles. The molecule has 0 aliphatic heterocycles. The van der Waals surface area contributed by atoms with Crippen LogP contribution in [0, 0.1) is 0 Å². The van der Waals surface area contributed by atoms with Crippen LogP contribution in [-0.4, -0.2) is 12.1 Å². The second-order valence-corrected chi connectivity index (χ2v) is 6.11. The Morgan fingerprint density at radius 1 is 1.44 bits per heavy atom. The van der Waals surface area contributed by atoms with E-state index in [4.69, 9.17) is 9.72 Å². The molecule has 0 saturated heterocycles. The van der Waals surface area contributed by atoms with Crippen molar-refractivity contribution in [1.29, 1.82) is 0 Å². The molecule has 1 aromatic heterocycles. The summed E-state index contributed by atoms with van der Waals surface area (Å²) in [7, 11) is 1.74. The van der Waals surface area contributed by atoms with Crippen LogP contribution >= 0.6 is 27.3 Å². The lowest BCUT2D eigenvalue weighted by Crippen LogP contribution is -2.22. The van der Waals surface area contributed by atoms with Gasteiger partial charge in [0, 0.05) is 22.5 Å². The highest BCUT2D eigenvalue weighted by atomic mass is 79.9. The van der Waals surface area contributed by atoms with Crippen LogP contribution in [0.5, 0.6) is 0 Å². The Balaban J connectivity index is 2.36. The molecule has 18 heavy (non-hydrogen) atoms. The highest BCUT2D eigenvalue weighted by Crippen LogP contribution is 2.33. The third-order valence-electron chi connectivity index (χ3n) is 3.20. The van der Waals surface area contributed by atoms with E-state index in [-0.39, 0.29) is 5.60 Å². The van der Waals surface area contributed by atoms with E-state index < -0.39 is 0 Å². The molecule has 0 N–H and O–H groups in total. The summed E-state index contributed by atoms with van der Waals surface area (Å²) < 4.78 is 6.65. The van der Waals surface area contributed by atoms with E-state index in [2.05, 4.69) is 47.3 Å². The minimum Gasteiger partial charge on any atom is -0.371 e. The molecule has 0 aliphatic rings. The fourth-order valence-electron chi connectivity index (χ4n) is 1.68. The molecule has 2 nitrogen and oxygen atoms in total. The number of nitrogens with zero attached hydrogens (tertiary/aromatic N) is 1. The summed E-state index contributed by atoms with van der Waals surface area (Å²) in [6, 6.07) is 8.18. The first-order valence-corrected chi connectivity index (χ1v) is 7.53. The fraction of sp³-hybridized carbons (Fsp3) is 0.357. The van der Waals surface area contributed by atoms with Crippen LogP contribution in [0.25, 0.3) is 11.3 Å². The molecular formula is C14H16BrNOS. The quantitative estimate of drug-likeness (QED) is 0.802. The zero-order chi connectivity index (χ0) is 13.2. The molecule has 0 amide bonds. The zero-order valence-electron chi connectivity index (χ0n) is 10.7. The number of hydrogen-bond acceptors (Lipinski definition) is 3.